The highest BCUT2D eigenvalue weighted by Gasteiger charge is 2.38. The molecule has 0 bridgehead atoms. The van der Waals surface area contributed by atoms with Crippen LogP contribution in [-0.2, 0) is 9.59 Å². The first kappa shape index (κ1) is 16.0. The third-order valence-electron chi connectivity index (χ3n) is 3.61. The molecule has 0 radical (unpaired) electrons. The number of ketones is 1. The Labute approximate surface area is 128 Å². The highest BCUT2D eigenvalue weighted by atomic mass is 16.5. The van der Waals surface area contributed by atoms with Crippen LogP contribution in [0.3, 0.4) is 0 Å². The first-order chi connectivity index (χ1) is 10.4. The fourth-order valence-electron chi connectivity index (χ4n) is 2.23. The third kappa shape index (κ3) is 3.84. The molecule has 1 aliphatic rings. The van der Waals surface area contributed by atoms with Gasteiger partial charge in [0.25, 0.3) is 5.91 Å². The Hall–Kier alpha value is -2.37. The molecule has 6 nitrogen and oxygen atoms in total. The molecule has 1 atom stereocenters. The van der Waals surface area contributed by atoms with Gasteiger partial charge in [0.2, 0.25) is 0 Å². The van der Waals surface area contributed by atoms with E-state index in [4.69, 9.17) is 9.84 Å². The topological polar surface area (TPSA) is 83.9 Å². The molecule has 22 heavy (non-hydrogen) atoms. The van der Waals surface area contributed by atoms with Crippen LogP contribution < -0.4 is 4.74 Å². The van der Waals surface area contributed by atoms with Crippen molar-refractivity contribution in [3.8, 4) is 5.75 Å². The minimum absolute atomic E-state index is 0.00856. The number of rotatable bonds is 7. The molecule has 1 aliphatic carbocycles. The van der Waals surface area contributed by atoms with Gasteiger partial charge in [-0.2, -0.15) is 0 Å². The fourth-order valence-corrected chi connectivity index (χ4v) is 2.23. The summed E-state index contributed by atoms with van der Waals surface area (Å²) in [6.45, 7) is 2.71. The van der Waals surface area contributed by atoms with Crippen molar-refractivity contribution in [2.24, 2.45) is 0 Å². The second-order valence-electron chi connectivity index (χ2n) is 5.42. The van der Waals surface area contributed by atoms with Gasteiger partial charge in [-0.05, 0) is 38.8 Å². The normalized spacial score (nSPS) is 15.0. The lowest BCUT2D eigenvalue weighted by Crippen LogP contribution is -2.46. The maximum absolute atomic E-state index is 12.2. The number of nitrogens with zero attached hydrogens (tertiary/aromatic N) is 1. The van der Waals surface area contributed by atoms with Crippen LogP contribution >= 0.6 is 0 Å². The smallest absolute Gasteiger partial charge is 0.326 e. The van der Waals surface area contributed by atoms with Crippen molar-refractivity contribution in [2.75, 3.05) is 6.61 Å². The minimum atomic E-state index is -1.03. The first-order valence-corrected chi connectivity index (χ1v) is 7.18. The lowest BCUT2D eigenvalue weighted by molar-refractivity contribution is -0.150. The number of aliphatic carboxylic acids is 1. The van der Waals surface area contributed by atoms with Crippen LogP contribution in [-0.4, -0.2) is 46.4 Å². The number of hydrogen-bond donors (Lipinski definition) is 1. The molecular formula is C16H19NO5. The van der Waals surface area contributed by atoms with Crippen molar-refractivity contribution < 1.29 is 24.2 Å². The largest absolute Gasteiger partial charge is 0.484 e. The molecule has 1 saturated carbocycles. The Morgan fingerprint density at radius 1 is 1.36 bits per heavy atom. The second-order valence-corrected chi connectivity index (χ2v) is 5.42. The summed E-state index contributed by atoms with van der Waals surface area (Å²) in [5.74, 6) is -1.06. The lowest BCUT2D eigenvalue weighted by Gasteiger charge is -2.26. The van der Waals surface area contributed by atoms with E-state index in [0.717, 1.165) is 12.8 Å². The number of Topliss-reactive ketones (excluding diaryl/α,β-unsaturated/α-hetero) is 1. The molecule has 1 amide bonds. The third-order valence-corrected chi connectivity index (χ3v) is 3.61. The second kappa shape index (κ2) is 6.60. The van der Waals surface area contributed by atoms with Crippen molar-refractivity contribution in [3.63, 3.8) is 0 Å². The minimum Gasteiger partial charge on any atom is -0.484 e. The number of carboxylic acids is 1. The molecule has 0 spiro atoms. The molecule has 2 rings (SSSR count). The van der Waals surface area contributed by atoms with Crippen LogP contribution in [0.2, 0.25) is 0 Å². The highest BCUT2D eigenvalue weighted by molar-refractivity contribution is 5.94. The number of benzene rings is 1. The molecule has 0 saturated heterocycles. The Morgan fingerprint density at radius 3 is 2.59 bits per heavy atom. The van der Waals surface area contributed by atoms with E-state index >= 15 is 0 Å². The molecule has 6 heteroatoms. The molecule has 0 aromatic heterocycles. The highest BCUT2D eigenvalue weighted by Crippen LogP contribution is 2.29. The molecule has 1 aromatic rings. The summed E-state index contributed by atoms with van der Waals surface area (Å²) in [6.07, 6.45) is 1.65. The summed E-state index contributed by atoms with van der Waals surface area (Å²) in [7, 11) is 0. The maximum atomic E-state index is 12.2. The average molecular weight is 305 g/mol. The monoisotopic (exact) mass is 305 g/mol. The molecule has 1 fully saturated rings. The van der Waals surface area contributed by atoms with E-state index in [1.165, 1.54) is 18.7 Å². The number of ether oxygens (including phenoxy) is 1. The zero-order chi connectivity index (χ0) is 16.3. The van der Waals surface area contributed by atoms with E-state index in [0.29, 0.717) is 11.3 Å². The average Bonchev–Trinajstić information content (AvgIpc) is 3.30. The first-order valence-electron chi connectivity index (χ1n) is 7.18. The van der Waals surface area contributed by atoms with Crippen LogP contribution in [0.4, 0.5) is 0 Å². The zero-order valence-electron chi connectivity index (χ0n) is 12.6. The number of carbonyl (C=O) groups is 3. The van der Waals surface area contributed by atoms with Gasteiger partial charge in [-0.1, -0.05) is 12.1 Å². The summed E-state index contributed by atoms with van der Waals surface area (Å²) in [4.78, 5) is 36.0. The van der Waals surface area contributed by atoms with Crippen LogP contribution in [0.5, 0.6) is 5.75 Å². The van der Waals surface area contributed by atoms with E-state index in [1.54, 1.807) is 24.3 Å². The van der Waals surface area contributed by atoms with Crippen molar-refractivity contribution in [2.45, 2.75) is 38.8 Å². The standard InChI is InChI=1S/C16H19NO5/c1-10(16(20)21)17(13-6-7-13)15(19)9-22-14-5-3-4-12(8-14)11(2)18/h3-5,8,10,13H,6-7,9H2,1-2H3,(H,20,21). The van der Waals surface area contributed by atoms with Gasteiger partial charge < -0.3 is 14.7 Å². The van der Waals surface area contributed by atoms with Crippen molar-refractivity contribution in [1.29, 1.82) is 0 Å². The SMILES string of the molecule is CC(=O)c1cccc(OCC(=O)N(C2CC2)C(C)C(=O)O)c1. The Bertz CT molecular complexity index is 594. The molecule has 0 heterocycles. The molecule has 118 valence electrons. The number of hydrogen-bond acceptors (Lipinski definition) is 4. The van der Waals surface area contributed by atoms with Gasteiger partial charge in [0.05, 0.1) is 0 Å². The zero-order valence-corrected chi connectivity index (χ0v) is 12.6. The predicted octanol–water partition coefficient (Wildman–Crippen LogP) is 1.73. The van der Waals surface area contributed by atoms with Gasteiger partial charge >= 0.3 is 5.97 Å². The quantitative estimate of drug-likeness (QED) is 0.776. The van der Waals surface area contributed by atoms with E-state index in [-0.39, 0.29) is 24.3 Å². The lowest BCUT2D eigenvalue weighted by atomic mass is 10.1. The van der Waals surface area contributed by atoms with Gasteiger partial charge in [-0.3, -0.25) is 9.59 Å². The summed E-state index contributed by atoms with van der Waals surface area (Å²) in [5.41, 5.74) is 0.503. The summed E-state index contributed by atoms with van der Waals surface area (Å²) >= 11 is 0. The number of amides is 1. The molecule has 1 aromatic carbocycles. The Kier molecular flexibility index (Phi) is 4.80. The van der Waals surface area contributed by atoms with Crippen molar-refractivity contribution in [3.05, 3.63) is 29.8 Å². The summed E-state index contributed by atoms with van der Waals surface area (Å²) in [6, 6.07) is 5.69. The molecular weight excluding hydrogens is 286 g/mol. The van der Waals surface area contributed by atoms with E-state index in [2.05, 4.69) is 0 Å². The van der Waals surface area contributed by atoms with Crippen LogP contribution in [0, 0.1) is 0 Å². The number of carboxylic acid groups (broad SMARTS) is 1. The van der Waals surface area contributed by atoms with Gasteiger partial charge in [0.15, 0.2) is 12.4 Å². The maximum Gasteiger partial charge on any atom is 0.326 e. The van der Waals surface area contributed by atoms with Gasteiger partial charge in [0, 0.05) is 11.6 Å². The van der Waals surface area contributed by atoms with Gasteiger partial charge in [0.1, 0.15) is 11.8 Å². The van der Waals surface area contributed by atoms with E-state index in [1.807, 2.05) is 0 Å². The number of carbonyl (C=O) groups excluding carboxylic acids is 2. The van der Waals surface area contributed by atoms with E-state index < -0.39 is 12.0 Å². The molecule has 1 N–H and O–H groups in total. The predicted molar refractivity (Wildman–Crippen MR) is 78.9 cm³/mol. The van der Waals surface area contributed by atoms with Crippen molar-refractivity contribution in [1.82, 2.24) is 4.90 Å². The Morgan fingerprint density at radius 2 is 2.05 bits per heavy atom. The van der Waals surface area contributed by atoms with Crippen LogP contribution in [0.15, 0.2) is 24.3 Å². The van der Waals surface area contributed by atoms with Gasteiger partial charge in [-0.15, -0.1) is 0 Å². The van der Waals surface area contributed by atoms with Crippen LogP contribution in [0.25, 0.3) is 0 Å². The van der Waals surface area contributed by atoms with E-state index in [9.17, 15) is 14.4 Å². The Balaban J connectivity index is 2.00. The van der Waals surface area contributed by atoms with Gasteiger partial charge in [-0.25, -0.2) is 4.79 Å². The molecule has 1 unspecified atom stereocenters. The summed E-state index contributed by atoms with van der Waals surface area (Å²) < 4.78 is 5.41. The van der Waals surface area contributed by atoms with Crippen molar-refractivity contribution >= 4 is 17.7 Å². The fraction of sp³-hybridized carbons (Fsp3) is 0.438. The van der Waals surface area contributed by atoms with Crippen LogP contribution in [0.1, 0.15) is 37.0 Å². The summed E-state index contributed by atoms with van der Waals surface area (Å²) in [5, 5.41) is 9.09. The molecule has 0 aliphatic heterocycles.